The number of amides is 2. The van der Waals surface area contributed by atoms with Crippen LogP contribution in [-0.2, 0) is 14.3 Å². The van der Waals surface area contributed by atoms with Gasteiger partial charge in [0, 0.05) is 0 Å². The lowest BCUT2D eigenvalue weighted by molar-refractivity contribution is -0.150. The minimum absolute atomic E-state index is 0.00340. The number of halogens is 2. The van der Waals surface area contributed by atoms with Gasteiger partial charge in [-0.3, -0.25) is 14.5 Å². The predicted octanol–water partition coefficient (Wildman–Crippen LogP) is 3.99. The lowest BCUT2D eigenvalue weighted by Gasteiger charge is -2.19. The molecule has 1 saturated heterocycles. The molecule has 1 fully saturated rings. The van der Waals surface area contributed by atoms with Gasteiger partial charge in [0.1, 0.15) is 12.6 Å². The second-order valence-corrected chi connectivity index (χ2v) is 7.09. The summed E-state index contributed by atoms with van der Waals surface area (Å²) in [5.41, 5.74) is 0.493. The van der Waals surface area contributed by atoms with Crippen molar-refractivity contribution in [2.45, 2.75) is 19.9 Å². The van der Waals surface area contributed by atoms with Crippen molar-refractivity contribution >= 4 is 58.2 Å². The number of thioether (sulfide) groups is 1. The molecule has 1 atom stereocenters. The molecule has 0 unspecified atom stereocenters. The molecule has 2 rings (SSSR count). The highest BCUT2D eigenvalue weighted by Gasteiger charge is 2.41. The molecule has 142 valence electrons. The smallest absolute Gasteiger partial charge is 0.329 e. The fourth-order valence-electron chi connectivity index (χ4n) is 2.25. The third-order valence-electron chi connectivity index (χ3n) is 3.46. The first-order chi connectivity index (χ1) is 12.8. The molecule has 0 N–H and O–H groups in total. The molecule has 27 heavy (non-hydrogen) atoms. The van der Waals surface area contributed by atoms with E-state index in [1.54, 1.807) is 6.92 Å². The molecular weight excluding hydrogens is 413 g/mol. The third-order valence-corrected chi connectivity index (χ3v) is 4.90. The lowest BCUT2D eigenvalue weighted by Crippen LogP contribution is -2.42. The van der Waals surface area contributed by atoms with Crippen LogP contribution in [0.15, 0.2) is 17.0 Å². The second kappa shape index (κ2) is 9.18. The average Bonchev–Trinajstić information content (AvgIpc) is 2.87. The van der Waals surface area contributed by atoms with Crippen LogP contribution in [0.2, 0.25) is 10.0 Å². The van der Waals surface area contributed by atoms with Crippen molar-refractivity contribution < 1.29 is 23.9 Å². The van der Waals surface area contributed by atoms with E-state index in [2.05, 4.69) is 5.92 Å². The molecule has 9 heteroatoms. The Bertz CT molecular complexity index is 839. The van der Waals surface area contributed by atoms with Crippen LogP contribution in [0.25, 0.3) is 6.08 Å². The largest absolute Gasteiger partial charge is 0.478 e. The quantitative estimate of drug-likeness (QED) is 0.388. The van der Waals surface area contributed by atoms with E-state index in [-0.39, 0.29) is 33.9 Å². The Morgan fingerprint density at radius 2 is 2.00 bits per heavy atom. The van der Waals surface area contributed by atoms with Gasteiger partial charge >= 0.3 is 5.97 Å². The molecular formula is C18H15Cl2NO5S. The SMILES string of the molecule is C#CCOc1c(Cl)cc(/C=C2/SC(=O)N([C@H](C)C(=O)OCC)C2=O)cc1Cl. The van der Waals surface area contributed by atoms with Gasteiger partial charge in [0.05, 0.1) is 21.6 Å². The number of terminal acetylenes is 1. The van der Waals surface area contributed by atoms with Crippen molar-refractivity contribution in [1.29, 1.82) is 0 Å². The Hall–Kier alpha value is -2.14. The van der Waals surface area contributed by atoms with Gasteiger partial charge in [0.2, 0.25) is 0 Å². The first-order valence-electron chi connectivity index (χ1n) is 7.79. The zero-order valence-corrected chi connectivity index (χ0v) is 16.8. The molecule has 1 aliphatic heterocycles. The maximum Gasteiger partial charge on any atom is 0.329 e. The van der Waals surface area contributed by atoms with E-state index in [0.29, 0.717) is 5.56 Å². The highest BCUT2D eigenvalue weighted by atomic mass is 35.5. The number of nitrogens with zero attached hydrogens (tertiary/aromatic N) is 1. The summed E-state index contributed by atoms with van der Waals surface area (Å²) in [7, 11) is 0. The van der Waals surface area contributed by atoms with Crippen LogP contribution in [0, 0.1) is 12.3 Å². The first-order valence-corrected chi connectivity index (χ1v) is 9.36. The summed E-state index contributed by atoms with van der Waals surface area (Å²) in [5.74, 6) is 1.30. The van der Waals surface area contributed by atoms with Gasteiger partial charge in [0.25, 0.3) is 11.1 Å². The molecule has 1 aromatic rings. The molecule has 0 saturated carbocycles. The van der Waals surface area contributed by atoms with Crippen molar-refractivity contribution in [3.63, 3.8) is 0 Å². The first kappa shape index (κ1) is 21.2. The van der Waals surface area contributed by atoms with Gasteiger partial charge in [-0.1, -0.05) is 29.1 Å². The number of esters is 1. The highest BCUT2D eigenvalue weighted by molar-refractivity contribution is 8.18. The lowest BCUT2D eigenvalue weighted by atomic mass is 10.2. The van der Waals surface area contributed by atoms with Gasteiger partial charge in [-0.25, -0.2) is 4.79 Å². The number of hydrogen-bond donors (Lipinski definition) is 0. The average molecular weight is 428 g/mol. The topological polar surface area (TPSA) is 72.9 Å². The minimum atomic E-state index is -1.02. The Morgan fingerprint density at radius 1 is 1.37 bits per heavy atom. The van der Waals surface area contributed by atoms with Crippen LogP contribution in [0.5, 0.6) is 5.75 Å². The summed E-state index contributed by atoms with van der Waals surface area (Å²) in [6.07, 6.45) is 6.60. The van der Waals surface area contributed by atoms with Crippen LogP contribution in [0.4, 0.5) is 4.79 Å². The van der Waals surface area contributed by atoms with E-state index in [9.17, 15) is 14.4 Å². The van der Waals surface area contributed by atoms with Gasteiger partial charge in [-0.15, -0.1) is 6.42 Å². The van der Waals surface area contributed by atoms with Crippen LogP contribution in [0.3, 0.4) is 0 Å². The van der Waals surface area contributed by atoms with Crippen molar-refractivity contribution in [3.05, 3.63) is 32.6 Å². The van der Waals surface area contributed by atoms with E-state index < -0.39 is 23.2 Å². The summed E-state index contributed by atoms with van der Waals surface area (Å²) in [5, 5.41) is -0.135. The van der Waals surface area contributed by atoms with Crippen LogP contribution in [0.1, 0.15) is 19.4 Å². The van der Waals surface area contributed by atoms with Gasteiger partial charge in [-0.05, 0) is 49.4 Å². The van der Waals surface area contributed by atoms with Crippen LogP contribution < -0.4 is 4.74 Å². The Kier molecular flexibility index (Phi) is 7.19. The zero-order chi connectivity index (χ0) is 20.1. The summed E-state index contributed by atoms with van der Waals surface area (Å²) in [4.78, 5) is 37.6. The predicted molar refractivity (Wildman–Crippen MR) is 105 cm³/mol. The molecule has 2 amide bonds. The van der Waals surface area contributed by atoms with Crippen LogP contribution >= 0.6 is 35.0 Å². The van der Waals surface area contributed by atoms with Gasteiger partial charge < -0.3 is 9.47 Å². The molecule has 0 spiro atoms. The van der Waals surface area contributed by atoms with E-state index in [4.69, 9.17) is 39.1 Å². The number of carbonyl (C=O) groups excluding carboxylic acids is 3. The van der Waals surface area contributed by atoms with Gasteiger partial charge in [-0.2, -0.15) is 0 Å². The molecule has 0 radical (unpaired) electrons. The molecule has 0 bridgehead atoms. The van der Waals surface area contributed by atoms with Crippen LogP contribution in [-0.4, -0.2) is 41.3 Å². The second-order valence-electron chi connectivity index (χ2n) is 5.29. The van der Waals surface area contributed by atoms with Gasteiger partial charge in [0.15, 0.2) is 5.75 Å². The third kappa shape index (κ3) is 4.78. The van der Waals surface area contributed by atoms with Crippen molar-refractivity contribution in [2.24, 2.45) is 0 Å². The Balaban J connectivity index is 2.28. The van der Waals surface area contributed by atoms with E-state index in [0.717, 1.165) is 16.7 Å². The van der Waals surface area contributed by atoms with E-state index in [1.165, 1.54) is 25.1 Å². The summed E-state index contributed by atoms with van der Waals surface area (Å²) < 4.78 is 10.1. The molecule has 1 aliphatic rings. The number of carbonyl (C=O) groups is 3. The maximum atomic E-state index is 12.5. The highest BCUT2D eigenvalue weighted by Crippen LogP contribution is 2.38. The Morgan fingerprint density at radius 3 is 2.56 bits per heavy atom. The zero-order valence-electron chi connectivity index (χ0n) is 14.5. The number of hydrogen-bond acceptors (Lipinski definition) is 6. The van der Waals surface area contributed by atoms with Crippen molar-refractivity contribution in [2.75, 3.05) is 13.2 Å². The summed E-state index contributed by atoms with van der Waals surface area (Å²) >= 11 is 13.0. The number of rotatable bonds is 6. The van der Waals surface area contributed by atoms with Crippen molar-refractivity contribution in [3.8, 4) is 18.1 Å². The fourth-order valence-corrected chi connectivity index (χ4v) is 3.77. The molecule has 0 aliphatic carbocycles. The van der Waals surface area contributed by atoms with Crippen molar-refractivity contribution in [1.82, 2.24) is 4.90 Å². The maximum absolute atomic E-state index is 12.5. The monoisotopic (exact) mass is 427 g/mol. The van der Waals surface area contributed by atoms with E-state index >= 15 is 0 Å². The molecule has 1 aromatic carbocycles. The fraction of sp³-hybridized carbons (Fsp3) is 0.278. The minimum Gasteiger partial charge on any atom is -0.478 e. The van der Waals surface area contributed by atoms with E-state index in [1.807, 2.05) is 0 Å². The molecule has 1 heterocycles. The normalized spacial score (nSPS) is 16.4. The number of ether oxygens (including phenoxy) is 2. The standard InChI is InChI=1S/C18H15Cl2NO5S/c1-4-6-26-15-12(19)7-11(8-13(15)20)9-14-16(22)21(18(24)27-14)10(3)17(23)25-5-2/h1,7-10H,5-6H2,2-3H3/b14-9+/t10-/m1/s1. The summed E-state index contributed by atoms with van der Waals surface area (Å²) in [6.45, 7) is 3.23. The molecule has 0 aromatic heterocycles. The number of imide groups is 1. The number of benzene rings is 1. The summed E-state index contributed by atoms with van der Waals surface area (Å²) in [6, 6.07) is 2.04. The molecule has 6 nitrogen and oxygen atoms in total. The Labute approximate surface area is 170 Å².